The highest BCUT2D eigenvalue weighted by atomic mass is 19.3. The van der Waals surface area contributed by atoms with Crippen molar-refractivity contribution in [2.24, 2.45) is 5.73 Å². The minimum Gasteiger partial charge on any atom is -0.399 e. The van der Waals surface area contributed by atoms with Gasteiger partial charge in [-0.1, -0.05) is 24.3 Å². The Kier molecular flexibility index (Phi) is 6.77. The van der Waals surface area contributed by atoms with E-state index in [0.29, 0.717) is 5.46 Å². The number of alkyl halides is 3. The molecule has 1 aliphatic rings. The summed E-state index contributed by atoms with van der Waals surface area (Å²) in [6, 6.07) is 3.63. The van der Waals surface area contributed by atoms with Gasteiger partial charge < -0.3 is 15.0 Å². The summed E-state index contributed by atoms with van der Waals surface area (Å²) in [7, 11) is -0.613. The molecule has 2 rings (SSSR count). The van der Waals surface area contributed by atoms with E-state index in [1.165, 1.54) is 26.0 Å². The lowest BCUT2D eigenvalue weighted by Crippen LogP contribution is -2.47. The van der Waals surface area contributed by atoms with Gasteiger partial charge in [0.25, 0.3) is 6.43 Å². The number of nitrogens with one attached hydrogen (secondary N) is 1. The van der Waals surface area contributed by atoms with Crippen LogP contribution in [0.4, 0.5) is 13.2 Å². The van der Waals surface area contributed by atoms with E-state index in [0.717, 1.165) is 0 Å². The van der Waals surface area contributed by atoms with Crippen molar-refractivity contribution in [3.63, 3.8) is 0 Å². The standard InChI is InChI=1S/C20H30BF3N2O3/c1-18(2,24)11-14(17(25)27)26-15(16(22)23)12-7-9-13(10-8-12)21-28-19(3,4)20(5,6)29-21/h7-10,14-16,26H,11H2,1-6H3,(H2,25,27)/t14-,15-/m0/s1. The van der Waals surface area contributed by atoms with Gasteiger partial charge in [0.1, 0.15) is 5.67 Å². The van der Waals surface area contributed by atoms with Crippen molar-refractivity contribution >= 4 is 18.5 Å². The first kappa shape index (κ1) is 23.7. The van der Waals surface area contributed by atoms with Crippen LogP contribution >= 0.6 is 0 Å². The minimum atomic E-state index is -2.82. The highest BCUT2D eigenvalue weighted by Gasteiger charge is 2.51. The minimum absolute atomic E-state index is 0.253. The van der Waals surface area contributed by atoms with Gasteiger partial charge in [-0.05, 0) is 52.6 Å². The first-order valence-corrected chi connectivity index (χ1v) is 9.61. The maximum atomic E-state index is 13.9. The van der Waals surface area contributed by atoms with E-state index in [9.17, 15) is 18.0 Å². The zero-order chi connectivity index (χ0) is 22.2. The average Bonchev–Trinajstić information content (AvgIpc) is 2.78. The zero-order valence-corrected chi connectivity index (χ0v) is 17.8. The molecule has 5 nitrogen and oxygen atoms in total. The van der Waals surface area contributed by atoms with Gasteiger partial charge in [-0.25, -0.2) is 13.2 Å². The Labute approximate surface area is 170 Å². The molecule has 1 aromatic rings. The normalized spacial score (nSPS) is 20.7. The van der Waals surface area contributed by atoms with Gasteiger partial charge in [-0.2, -0.15) is 0 Å². The summed E-state index contributed by atoms with van der Waals surface area (Å²) in [6.45, 7) is 10.2. The second kappa shape index (κ2) is 8.28. The molecule has 1 heterocycles. The van der Waals surface area contributed by atoms with Crippen molar-refractivity contribution in [1.29, 1.82) is 0 Å². The number of carbonyl (C=O) groups is 1. The summed E-state index contributed by atoms with van der Waals surface area (Å²) in [5.41, 5.74) is 3.46. The van der Waals surface area contributed by atoms with Crippen molar-refractivity contribution in [3.05, 3.63) is 29.8 Å². The molecule has 1 saturated heterocycles. The van der Waals surface area contributed by atoms with E-state index in [2.05, 4.69) is 5.32 Å². The Balaban J connectivity index is 2.19. The van der Waals surface area contributed by atoms with E-state index in [4.69, 9.17) is 15.0 Å². The van der Waals surface area contributed by atoms with Crippen molar-refractivity contribution in [1.82, 2.24) is 5.32 Å². The third kappa shape index (κ3) is 5.74. The Morgan fingerprint density at radius 3 is 2.00 bits per heavy atom. The number of amides is 1. The topological polar surface area (TPSA) is 73.6 Å². The van der Waals surface area contributed by atoms with E-state index in [1.54, 1.807) is 12.1 Å². The van der Waals surface area contributed by atoms with Crippen molar-refractivity contribution in [2.75, 3.05) is 0 Å². The van der Waals surface area contributed by atoms with Crippen LogP contribution in [0.1, 0.15) is 59.6 Å². The zero-order valence-electron chi connectivity index (χ0n) is 17.8. The molecule has 1 fully saturated rings. The van der Waals surface area contributed by atoms with Gasteiger partial charge in [0.05, 0.1) is 23.3 Å². The Morgan fingerprint density at radius 2 is 1.62 bits per heavy atom. The predicted octanol–water partition coefficient (Wildman–Crippen LogP) is 2.87. The third-order valence-corrected chi connectivity index (χ3v) is 5.49. The molecule has 3 N–H and O–H groups in total. The summed E-state index contributed by atoms with van der Waals surface area (Å²) in [5, 5.41) is 2.51. The fraction of sp³-hybridized carbons (Fsp3) is 0.650. The molecule has 0 spiro atoms. The largest absolute Gasteiger partial charge is 0.494 e. The SMILES string of the molecule is CC(C)(F)C[C@H](N[C@@H](c1ccc(B2OC(C)(C)C(C)(C)O2)cc1)C(F)F)C(N)=O. The first-order valence-electron chi connectivity index (χ1n) is 9.61. The lowest BCUT2D eigenvalue weighted by Gasteiger charge is -2.32. The highest BCUT2D eigenvalue weighted by molar-refractivity contribution is 6.62. The predicted molar refractivity (Wildman–Crippen MR) is 107 cm³/mol. The quantitative estimate of drug-likeness (QED) is 0.642. The molecule has 0 aromatic heterocycles. The van der Waals surface area contributed by atoms with Crippen LogP contribution in [0.15, 0.2) is 24.3 Å². The van der Waals surface area contributed by atoms with Crippen molar-refractivity contribution in [3.8, 4) is 0 Å². The second-order valence-electron chi connectivity index (χ2n) is 9.11. The number of carbonyl (C=O) groups excluding carboxylic acids is 1. The van der Waals surface area contributed by atoms with Crippen LogP contribution in [0.25, 0.3) is 0 Å². The van der Waals surface area contributed by atoms with Crippen molar-refractivity contribution in [2.45, 2.75) is 83.3 Å². The van der Waals surface area contributed by atoms with E-state index in [-0.39, 0.29) is 12.0 Å². The molecule has 1 aliphatic heterocycles. The number of hydrogen-bond acceptors (Lipinski definition) is 4. The van der Waals surface area contributed by atoms with Gasteiger partial charge in [0, 0.05) is 6.42 Å². The molecule has 9 heteroatoms. The van der Waals surface area contributed by atoms with Gasteiger partial charge in [-0.15, -0.1) is 0 Å². The van der Waals surface area contributed by atoms with Gasteiger partial charge in [0.15, 0.2) is 0 Å². The fourth-order valence-corrected chi connectivity index (χ4v) is 3.10. The molecule has 0 aliphatic carbocycles. The second-order valence-corrected chi connectivity index (χ2v) is 9.11. The highest BCUT2D eigenvalue weighted by Crippen LogP contribution is 2.36. The molecule has 0 radical (unpaired) electrons. The van der Waals surface area contributed by atoms with E-state index >= 15 is 0 Å². The summed E-state index contributed by atoms with van der Waals surface area (Å²) in [4.78, 5) is 11.6. The number of rotatable bonds is 8. The average molecular weight is 414 g/mol. The number of benzene rings is 1. The Morgan fingerprint density at radius 1 is 1.14 bits per heavy atom. The molecule has 0 unspecified atom stereocenters. The molecule has 29 heavy (non-hydrogen) atoms. The maximum absolute atomic E-state index is 13.9. The van der Waals surface area contributed by atoms with E-state index < -0.39 is 48.4 Å². The van der Waals surface area contributed by atoms with E-state index in [1.807, 2.05) is 27.7 Å². The lowest BCUT2D eigenvalue weighted by molar-refractivity contribution is -0.121. The van der Waals surface area contributed by atoms with Crippen molar-refractivity contribution < 1.29 is 27.3 Å². The maximum Gasteiger partial charge on any atom is 0.494 e. The monoisotopic (exact) mass is 414 g/mol. The molecule has 1 amide bonds. The molecular formula is C20H30BF3N2O3. The van der Waals surface area contributed by atoms with Crippen LogP contribution in [0.5, 0.6) is 0 Å². The summed E-state index contributed by atoms with van der Waals surface area (Å²) < 4.78 is 53.2. The number of halogens is 3. The Hall–Kier alpha value is -1.58. The molecule has 1 aromatic carbocycles. The van der Waals surface area contributed by atoms with Crippen LogP contribution < -0.4 is 16.5 Å². The van der Waals surface area contributed by atoms with Gasteiger partial charge in [-0.3, -0.25) is 10.1 Å². The van der Waals surface area contributed by atoms with Gasteiger partial charge >= 0.3 is 7.12 Å². The molecular weight excluding hydrogens is 384 g/mol. The molecule has 2 atom stereocenters. The summed E-state index contributed by atoms with van der Waals surface area (Å²) in [6.07, 6.45) is -3.13. The molecule has 0 saturated carbocycles. The van der Waals surface area contributed by atoms with Crippen LogP contribution in [0.3, 0.4) is 0 Å². The molecule has 162 valence electrons. The smallest absolute Gasteiger partial charge is 0.399 e. The summed E-state index contributed by atoms with van der Waals surface area (Å²) >= 11 is 0. The van der Waals surface area contributed by atoms with Gasteiger partial charge in [0.2, 0.25) is 5.91 Å². The lowest BCUT2D eigenvalue weighted by atomic mass is 9.78. The first-order chi connectivity index (χ1) is 13.1. The third-order valence-electron chi connectivity index (χ3n) is 5.49. The number of primary amides is 1. The number of hydrogen-bond donors (Lipinski definition) is 2. The van der Waals surface area contributed by atoms with Crippen LogP contribution in [0.2, 0.25) is 0 Å². The van der Waals surface area contributed by atoms with Crippen LogP contribution in [-0.2, 0) is 14.1 Å². The summed E-state index contributed by atoms with van der Waals surface area (Å²) in [5.74, 6) is -0.879. The van der Waals surface area contributed by atoms with Crippen LogP contribution in [0, 0.1) is 0 Å². The number of nitrogens with two attached hydrogens (primary N) is 1. The fourth-order valence-electron chi connectivity index (χ4n) is 3.10. The van der Waals surface area contributed by atoms with Crippen LogP contribution in [-0.4, -0.2) is 42.4 Å². The molecule has 0 bridgehead atoms. The Bertz CT molecular complexity index is 705.